The maximum absolute atomic E-state index is 10.7. The molecular formula is C10H6ClNO. The first-order valence-corrected chi connectivity index (χ1v) is 3.98. The highest BCUT2D eigenvalue weighted by Gasteiger charge is 1.98. The van der Waals surface area contributed by atoms with E-state index in [9.17, 15) is 4.79 Å². The summed E-state index contributed by atoms with van der Waals surface area (Å²) in [6, 6.07) is 8.57. The predicted molar refractivity (Wildman–Crippen MR) is 51.3 cm³/mol. The average Bonchev–Trinajstić information content (AvgIpc) is 2.15. The predicted octanol–water partition coefficient (Wildman–Crippen LogP) is 2.60. The summed E-state index contributed by atoms with van der Waals surface area (Å²) in [6.07, 6.45) is 3.03. The molecule has 1 aromatic rings. The molecule has 0 spiro atoms. The van der Waals surface area contributed by atoms with Gasteiger partial charge in [0.15, 0.2) is 0 Å². The van der Waals surface area contributed by atoms with E-state index in [0.29, 0.717) is 5.56 Å². The number of hydrogen-bond donors (Lipinski definition) is 0. The second-order valence-electron chi connectivity index (χ2n) is 2.36. The van der Waals surface area contributed by atoms with E-state index in [0.717, 1.165) is 5.56 Å². The first-order valence-electron chi connectivity index (χ1n) is 3.60. The zero-order chi connectivity index (χ0) is 9.68. The maximum atomic E-state index is 10.7. The molecule has 0 aliphatic carbocycles. The third-order valence-electron chi connectivity index (χ3n) is 1.49. The van der Waals surface area contributed by atoms with Crippen LogP contribution in [0.1, 0.15) is 15.9 Å². The molecule has 0 radical (unpaired) electrons. The summed E-state index contributed by atoms with van der Waals surface area (Å²) in [5.74, 6) is 0. The van der Waals surface area contributed by atoms with Crippen LogP contribution in [0.3, 0.4) is 0 Å². The van der Waals surface area contributed by atoms with E-state index in [-0.39, 0.29) is 0 Å². The molecule has 1 rings (SSSR count). The highest BCUT2D eigenvalue weighted by Crippen LogP contribution is 2.08. The second-order valence-corrected chi connectivity index (χ2v) is 2.70. The summed E-state index contributed by atoms with van der Waals surface area (Å²) in [6.45, 7) is 0. The molecule has 0 N–H and O–H groups in total. The zero-order valence-electron chi connectivity index (χ0n) is 6.70. The molecule has 0 unspecified atom stereocenters. The quantitative estimate of drug-likeness (QED) is 0.533. The molecule has 0 aliphatic heterocycles. The number of halogens is 1. The van der Waals surface area contributed by atoms with Crippen LogP contribution in [0.4, 0.5) is 0 Å². The number of nitriles is 1. The monoisotopic (exact) mass is 191 g/mol. The third-order valence-corrected chi connectivity index (χ3v) is 1.71. The molecule has 0 aromatic heterocycles. The number of rotatable bonds is 2. The highest BCUT2D eigenvalue weighted by atomic mass is 35.5. The van der Waals surface area contributed by atoms with Crippen LogP contribution in [-0.2, 0) is 0 Å². The van der Waals surface area contributed by atoms with Crippen molar-refractivity contribution in [2.45, 2.75) is 0 Å². The Morgan fingerprint density at radius 2 is 2.00 bits per heavy atom. The topological polar surface area (TPSA) is 40.9 Å². The van der Waals surface area contributed by atoms with E-state index in [4.69, 9.17) is 16.9 Å². The van der Waals surface area contributed by atoms with Gasteiger partial charge in [-0.3, -0.25) is 4.79 Å². The molecule has 13 heavy (non-hydrogen) atoms. The minimum atomic E-state index is -0.476. The van der Waals surface area contributed by atoms with Gasteiger partial charge in [-0.15, -0.1) is 0 Å². The van der Waals surface area contributed by atoms with Crippen molar-refractivity contribution in [3.05, 3.63) is 41.5 Å². The molecule has 64 valence electrons. The van der Waals surface area contributed by atoms with E-state index in [1.165, 1.54) is 6.08 Å². The van der Waals surface area contributed by atoms with Crippen LogP contribution in [0.5, 0.6) is 0 Å². The highest BCUT2D eigenvalue weighted by molar-refractivity contribution is 6.67. The van der Waals surface area contributed by atoms with Crippen molar-refractivity contribution < 1.29 is 4.79 Å². The summed E-state index contributed by atoms with van der Waals surface area (Å²) >= 11 is 5.25. The molecule has 2 nitrogen and oxygen atoms in total. The molecule has 0 atom stereocenters. The van der Waals surface area contributed by atoms with Gasteiger partial charge in [0.05, 0.1) is 6.07 Å². The molecule has 0 fully saturated rings. The Morgan fingerprint density at radius 3 is 2.46 bits per heavy atom. The van der Waals surface area contributed by atoms with Crippen LogP contribution < -0.4 is 0 Å². The van der Waals surface area contributed by atoms with Crippen LogP contribution in [0.25, 0.3) is 6.08 Å². The SMILES string of the molecule is N#C/C=C/c1ccc(C(=O)Cl)cc1. The van der Waals surface area contributed by atoms with Crippen molar-refractivity contribution in [2.75, 3.05) is 0 Å². The van der Waals surface area contributed by atoms with Gasteiger partial charge < -0.3 is 0 Å². The lowest BCUT2D eigenvalue weighted by atomic mass is 10.1. The van der Waals surface area contributed by atoms with Crippen LogP contribution >= 0.6 is 11.6 Å². The van der Waals surface area contributed by atoms with Gasteiger partial charge in [0.1, 0.15) is 0 Å². The first kappa shape index (κ1) is 9.50. The zero-order valence-corrected chi connectivity index (χ0v) is 7.45. The van der Waals surface area contributed by atoms with Crippen molar-refractivity contribution in [1.82, 2.24) is 0 Å². The molecule has 0 saturated carbocycles. The first-order chi connectivity index (χ1) is 6.24. The van der Waals surface area contributed by atoms with Gasteiger partial charge in [-0.1, -0.05) is 12.1 Å². The van der Waals surface area contributed by atoms with E-state index >= 15 is 0 Å². The smallest absolute Gasteiger partial charge is 0.252 e. The largest absolute Gasteiger partial charge is 0.276 e. The standard InChI is InChI=1S/C10H6ClNO/c11-10(13)9-5-3-8(4-6-9)2-1-7-12/h1-6H/b2-1+. The van der Waals surface area contributed by atoms with E-state index < -0.39 is 5.24 Å². The number of allylic oxidation sites excluding steroid dienone is 1. The van der Waals surface area contributed by atoms with Gasteiger partial charge in [-0.25, -0.2) is 0 Å². The Bertz CT molecular complexity index is 373. The summed E-state index contributed by atoms with van der Waals surface area (Å²) in [4.78, 5) is 10.7. The van der Waals surface area contributed by atoms with Crippen LogP contribution in [-0.4, -0.2) is 5.24 Å². The fraction of sp³-hybridized carbons (Fsp3) is 0. The number of benzene rings is 1. The number of carbonyl (C=O) groups is 1. The van der Waals surface area contributed by atoms with E-state index in [1.807, 2.05) is 6.07 Å². The van der Waals surface area contributed by atoms with Gasteiger partial charge in [0, 0.05) is 11.6 Å². The van der Waals surface area contributed by atoms with E-state index in [1.54, 1.807) is 30.3 Å². The molecule has 1 aromatic carbocycles. The van der Waals surface area contributed by atoms with Crippen LogP contribution in [0, 0.1) is 11.3 Å². The summed E-state index contributed by atoms with van der Waals surface area (Å²) < 4.78 is 0. The molecule has 3 heteroatoms. The lowest BCUT2D eigenvalue weighted by Crippen LogP contribution is -1.86. The van der Waals surface area contributed by atoms with Gasteiger partial charge >= 0.3 is 0 Å². The lowest BCUT2D eigenvalue weighted by molar-refractivity contribution is 0.108. The molecule has 0 aliphatic rings. The fourth-order valence-electron chi connectivity index (χ4n) is 0.859. The van der Waals surface area contributed by atoms with Gasteiger partial charge in [0.2, 0.25) is 0 Å². The van der Waals surface area contributed by atoms with Crippen molar-refractivity contribution in [2.24, 2.45) is 0 Å². The second kappa shape index (κ2) is 4.44. The Labute approximate surface area is 81.1 Å². The third kappa shape index (κ3) is 2.73. The molecule has 0 amide bonds. The van der Waals surface area contributed by atoms with Gasteiger partial charge in [-0.2, -0.15) is 5.26 Å². The van der Waals surface area contributed by atoms with Crippen molar-refractivity contribution in [3.8, 4) is 6.07 Å². The van der Waals surface area contributed by atoms with Crippen molar-refractivity contribution in [1.29, 1.82) is 5.26 Å². The Balaban J connectivity index is 2.89. The van der Waals surface area contributed by atoms with Crippen molar-refractivity contribution >= 4 is 22.9 Å². The Kier molecular flexibility index (Phi) is 3.24. The number of nitrogens with zero attached hydrogens (tertiary/aromatic N) is 1. The Morgan fingerprint density at radius 1 is 1.38 bits per heavy atom. The van der Waals surface area contributed by atoms with Crippen LogP contribution in [0.15, 0.2) is 30.3 Å². The lowest BCUT2D eigenvalue weighted by Gasteiger charge is -1.94. The van der Waals surface area contributed by atoms with Crippen LogP contribution in [0.2, 0.25) is 0 Å². The molecule has 0 saturated heterocycles. The minimum Gasteiger partial charge on any atom is -0.276 e. The summed E-state index contributed by atoms with van der Waals surface area (Å²) in [5, 5.41) is 7.78. The average molecular weight is 192 g/mol. The number of hydrogen-bond acceptors (Lipinski definition) is 2. The normalized spacial score (nSPS) is 9.85. The molecular weight excluding hydrogens is 186 g/mol. The maximum Gasteiger partial charge on any atom is 0.252 e. The van der Waals surface area contributed by atoms with Gasteiger partial charge in [0.25, 0.3) is 5.24 Å². The molecule has 0 bridgehead atoms. The van der Waals surface area contributed by atoms with Crippen molar-refractivity contribution in [3.63, 3.8) is 0 Å². The molecule has 0 heterocycles. The summed E-state index contributed by atoms with van der Waals surface area (Å²) in [5.41, 5.74) is 1.32. The minimum absolute atomic E-state index is 0.454. The van der Waals surface area contributed by atoms with Gasteiger partial charge in [-0.05, 0) is 35.4 Å². The number of carbonyl (C=O) groups excluding carboxylic acids is 1. The van der Waals surface area contributed by atoms with E-state index in [2.05, 4.69) is 0 Å². The Hall–Kier alpha value is -1.59. The fourth-order valence-corrected chi connectivity index (χ4v) is 0.985. The summed E-state index contributed by atoms with van der Waals surface area (Å²) in [7, 11) is 0.